The molecule has 7 nitrogen and oxygen atoms in total. The van der Waals surface area contributed by atoms with Gasteiger partial charge in [-0.3, -0.25) is 0 Å². The fourth-order valence-corrected chi connectivity index (χ4v) is 4.09. The number of nitrogens with zero attached hydrogens (tertiary/aromatic N) is 1. The summed E-state index contributed by atoms with van der Waals surface area (Å²) in [5, 5.41) is 3.27. The normalized spacial score (nSPS) is 30.5. The molecule has 2 fully saturated rings. The second-order valence-electron chi connectivity index (χ2n) is 5.43. The van der Waals surface area contributed by atoms with E-state index in [-0.39, 0.29) is 83.7 Å². The molecule has 0 saturated carbocycles. The zero-order valence-corrected chi connectivity index (χ0v) is 21.2. The zero-order valence-electron chi connectivity index (χ0n) is 13.5. The van der Waals surface area contributed by atoms with Gasteiger partial charge in [0, 0.05) is 84.5 Å². The number of hydrogen-bond acceptors (Lipinski definition) is 7. The Morgan fingerprint density at radius 2 is 2.00 bits per heavy atom. The average Bonchev–Trinajstić information content (AvgIpc) is 3.06. The number of rotatable bonds is 8. The van der Waals surface area contributed by atoms with Gasteiger partial charge in [0.2, 0.25) is 0 Å². The first-order valence-corrected chi connectivity index (χ1v) is 10.2. The van der Waals surface area contributed by atoms with Crippen LogP contribution in [0.15, 0.2) is 0 Å². The van der Waals surface area contributed by atoms with Crippen LogP contribution in [0.2, 0.25) is 0 Å². The van der Waals surface area contributed by atoms with E-state index in [0.29, 0.717) is 25.9 Å². The summed E-state index contributed by atoms with van der Waals surface area (Å²) in [5.41, 5.74) is 0. The van der Waals surface area contributed by atoms with Gasteiger partial charge < -0.3 is 10.1 Å². The number of hydrogen-bond donors (Lipinski definition) is 3. The summed E-state index contributed by atoms with van der Waals surface area (Å²) >= 11 is 0. The second-order valence-corrected chi connectivity index (χ2v) is 8.21. The molecule has 0 aromatic rings. The Bertz CT molecular complexity index is 330. The van der Waals surface area contributed by atoms with Gasteiger partial charge >= 0.3 is 8.60 Å². The SMILES string of the molecule is [B]N1CCC(O[PH+](O)OCC2CC(O[PH+](O)CC)CN2)C1.[Y].[Y]. The van der Waals surface area contributed by atoms with Gasteiger partial charge in [-0.25, -0.2) is 9.42 Å². The van der Waals surface area contributed by atoms with Crippen LogP contribution in [-0.2, 0) is 79.0 Å². The minimum absolute atomic E-state index is 0. The van der Waals surface area contributed by atoms with E-state index in [1.165, 1.54) is 0 Å². The molecular weight excluding hydrogens is 491 g/mol. The molecule has 126 valence electrons. The maximum Gasteiger partial charge on any atom is 0.395 e. The molecule has 4 radical (unpaired) electrons. The summed E-state index contributed by atoms with van der Waals surface area (Å²) in [4.78, 5) is 21.0. The van der Waals surface area contributed by atoms with Gasteiger partial charge in [-0.1, -0.05) is 0 Å². The van der Waals surface area contributed by atoms with Gasteiger partial charge in [-0.2, -0.15) is 13.9 Å². The smallest absolute Gasteiger partial charge is 0.351 e. The van der Waals surface area contributed by atoms with Crippen LogP contribution in [0.3, 0.4) is 0 Å². The minimum atomic E-state index is -2.23. The van der Waals surface area contributed by atoms with Gasteiger partial charge in [0.25, 0.3) is 8.38 Å². The molecule has 0 spiro atoms. The molecule has 3 N–H and O–H groups in total. The first kappa shape index (κ1) is 25.9. The van der Waals surface area contributed by atoms with Crippen molar-refractivity contribution in [1.82, 2.24) is 10.1 Å². The molecule has 5 unspecified atom stereocenters. The van der Waals surface area contributed by atoms with Crippen LogP contribution in [0, 0.1) is 0 Å². The zero-order chi connectivity index (χ0) is 15.2. The molecule has 0 aromatic heterocycles. The number of nitrogens with one attached hydrogen (secondary N) is 1. The van der Waals surface area contributed by atoms with Crippen molar-refractivity contribution >= 4 is 25.0 Å². The maximum atomic E-state index is 9.81. The van der Waals surface area contributed by atoms with E-state index in [1.54, 1.807) is 4.81 Å². The van der Waals surface area contributed by atoms with Crippen LogP contribution < -0.4 is 5.32 Å². The van der Waals surface area contributed by atoms with E-state index in [0.717, 1.165) is 19.4 Å². The summed E-state index contributed by atoms with van der Waals surface area (Å²) in [7, 11) is 1.76. The third-order valence-electron chi connectivity index (χ3n) is 3.64. The first-order chi connectivity index (χ1) is 10.1. The van der Waals surface area contributed by atoms with Crippen molar-refractivity contribution in [3.8, 4) is 0 Å². The monoisotopic (exact) mass is 516 g/mol. The van der Waals surface area contributed by atoms with E-state index in [2.05, 4.69) is 5.32 Å². The van der Waals surface area contributed by atoms with E-state index in [4.69, 9.17) is 21.6 Å². The van der Waals surface area contributed by atoms with Crippen molar-refractivity contribution in [2.75, 3.05) is 32.4 Å². The minimum Gasteiger partial charge on any atom is -0.351 e. The quantitative estimate of drug-likeness (QED) is 0.308. The molecule has 2 rings (SSSR count). The van der Waals surface area contributed by atoms with Gasteiger partial charge in [-0.15, -0.1) is 0 Å². The third kappa shape index (κ3) is 10.1. The van der Waals surface area contributed by atoms with Crippen molar-refractivity contribution in [3.63, 3.8) is 0 Å². The fraction of sp³-hybridized carbons (Fsp3) is 1.00. The Morgan fingerprint density at radius 3 is 2.61 bits per heavy atom. The summed E-state index contributed by atoms with van der Waals surface area (Å²) in [6.07, 6.45) is 2.28. The Morgan fingerprint density at radius 1 is 1.26 bits per heavy atom. The van der Waals surface area contributed by atoms with Crippen LogP contribution in [-0.4, -0.2) is 73.2 Å². The molecule has 0 bridgehead atoms. The molecule has 2 saturated heterocycles. The van der Waals surface area contributed by atoms with Crippen LogP contribution >= 0.6 is 17.0 Å². The van der Waals surface area contributed by atoms with E-state index >= 15 is 0 Å². The predicted molar refractivity (Wildman–Crippen MR) is 85.7 cm³/mol. The van der Waals surface area contributed by atoms with Crippen molar-refractivity contribution in [2.24, 2.45) is 0 Å². The maximum absolute atomic E-state index is 9.81. The topological polar surface area (TPSA) is 83.4 Å². The predicted octanol–water partition coefficient (Wildman–Crippen LogP) is -0.0726. The first-order valence-electron chi connectivity index (χ1n) is 7.36. The molecule has 0 amide bonds. The molecular formula is C11H25BN2O5P2Y2+2. The summed E-state index contributed by atoms with van der Waals surface area (Å²) < 4.78 is 16.4. The van der Waals surface area contributed by atoms with Crippen LogP contribution in [0.1, 0.15) is 19.8 Å². The van der Waals surface area contributed by atoms with Crippen LogP contribution in [0.5, 0.6) is 0 Å². The largest absolute Gasteiger partial charge is 0.395 e. The van der Waals surface area contributed by atoms with E-state index in [9.17, 15) is 9.79 Å². The van der Waals surface area contributed by atoms with Gasteiger partial charge in [0.1, 0.15) is 25.0 Å². The second kappa shape index (κ2) is 13.9. The molecule has 2 aliphatic rings. The summed E-state index contributed by atoms with van der Waals surface area (Å²) in [5.74, 6) is 0. The van der Waals surface area contributed by atoms with E-state index < -0.39 is 17.0 Å². The van der Waals surface area contributed by atoms with Gasteiger partial charge in [0.05, 0.1) is 0 Å². The Kier molecular flexibility index (Phi) is 15.7. The summed E-state index contributed by atoms with van der Waals surface area (Å²) in [6.45, 7) is 4.44. The van der Waals surface area contributed by atoms with Crippen molar-refractivity contribution < 1.29 is 88.8 Å². The Balaban J connectivity index is 0.00000242. The van der Waals surface area contributed by atoms with Gasteiger partial charge in [0.15, 0.2) is 7.98 Å². The molecule has 2 heterocycles. The van der Waals surface area contributed by atoms with Crippen LogP contribution in [0.4, 0.5) is 0 Å². The molecule has 5 atom stereocenters. The van der Waals surface area contributed by atoms with Crippen molar-refractivity contribution in [2.45, 2.75) is 38.0 Å². The van der Waals surface area contributed by atoms with Crippen molar-refractivity contribution in [1.29, 1.82) is 0 Å². The van der Waals surface area contributed by atoms with Crippen LogP contribution in [0.25, 0.3) is 0 Å². The molecule has 0 aromatic carbocycles. The molecule has 23 heavy (non-hydrogen) atoms. The standard InChI is InChI=1S/C11H24BN2O5P2.2Y/c1-2-20(15)18-11-5-9(13-6-11)8-17-21(16)19-10-3-4-14(12)7-10;;/h9-11,13,15-16,21H,2-8H2,1H3;;/q+1;;/p+1. The molecule has 0 aliphatic carbocycles. The average molecular weight is 516 g/mol. The van der Waals surface area contributed by atoms with Gasteiger partial charge in [-0.05, 0) is 26.3 Å². The fourth-order valence-electron chi connectivity index (χ4n) is 2.47. The molecule has 12 heteroatoms. The van der Waals surface area contributed by atoms with Crippen molar-refractivity contribution in [3.05, 3.63) is 0 Å². The van der Waals surface area contributed by atoms with E-state index in [1.807, 2.05) is 6.92 Å². The molecule has 2 aliphatic heterocycles. The summed E-state index contributed by atoms with van der Waals surface area (Å²) in [6, 6.07) is 0.131. The Labute approximate surface area is 192 Å². The third-order valence-corrected chi connectivity index (χ3v) is 5.80. The Hall–Kier alpha value is 2.85.